The molecule has 0 radical (unpaired) electrons. The van der Waals surface area contributed by atoms with Crippen molar-refractivity contribution in [1.82, 2.24) is 4.90 Å². The molecule has 0 aromatic rings. The molecule has 2 aliphatic heterocycles. The Morgan fingerprint density at radius 3 is 2.38 bits per heavy atom. The van der Waals surface area contributed by atoms with Crippen molar-refractivity contribution in [2.45, 2.75) is 37.8 Å². The number of fused-ring (bicyclic) bond motifs is 2. The molecule has 2 rings (SSSR count). The molecule has 13 heavy (non-hydrogen) atoms. The van der Waals surface area contributed by atoms with Gasteiger partial charge in [-0.05, 0) is 31.8 Å². The minimum atomic E-state index is 0.0972. The monoisotopic (exact) mass is 177 g/mol. The zero-order chi connectivity index (χ0) is 9.42. The van der Waals surface area contributed by atoms with Crippen LogP contribution in [0.1, 0.15) is 25.7 Å². The van der Waals surface area contributed by atoms with E-state index >= 15 is 0 Å². The molecular weight excluding hydrogens is 162 g/mol. The molecule has 2 unspecified atom stereocenters. The molecule has 2 saturated heterocycles. The van der Waals surface area contributed by atoms with Gasteiger partial charge < -0.3 is 4.90 Å². The van der Waals surface area contributed by atoms with Gasteiger partial charge in [0.1, 0.15) is 0 Å². The lowest BCUT2D eigenvalue weighted by Gasteiger charge is -2.35. The fraction of sp³-hybridized carbons (Fsp3) is 0.545. The molecule has 2 bridgehead atoms. The fourth-order valence-corrected chi connectivity index (χ4v) is 2.58. The largest absolute Gasteiger partial charge is 0.333 e. The van der Waals surface area contributed by atoms with Crippen LogP contribution < -0.4 is 0 Å². The quantitative estimate of drug-likeness (QED) is 0.442. The van der Waals surface area contributed by atoms with Gasteiger partial charge in [-0.1, -0.05) is 18.7 Å². The van der Waals surface area contributed by atoms with Crippen molar-refractivity contribution in [3.8, 4) is 0 Å². The second-order valence-electron chi connectivity index (χ2n) is 3.99. The third-order valence-corrected chi connectivity index (χ3v) is 3.10. The van der Waals surface area contributed by atoms with Gasteiger partial charge in [-0.3, -0.25) is 4.79 Å². The lowest BCUT2D eigenvalue weighted by atomic mass is 9.98. The van der Waals surface area contributed by atoms with Crippen LogP contribution in [-0.2, 0) is 4.79 Å². The molecule has 1 amide bonds. The average molecular weight is 177 g/mol. The van der Waals surface area contributed by atoms with Crippen LogP contribution in [0.25, 0.3) is 0 Å². The van der Waals surface area contributed by atoms with Gasteiger partial charge in [-0.25, -0.2) is 0 Å². The molecule has 0 aliphatic carbocycles. The maximum absolute atomic E-state index is 11.5. The molecule has 0 saturated carbocycles. The van der Waals surface area contributed by atoms with E-state index in [0.717, 1.165) is 25.7 Å². The zero-order valence-corrected chi connectivity index (χ0v) is 7.83. The van der Waals surface area contributed by atoms with Gasteiger partial charge in [-0.2, -0.15) is 0 Å². The average Bonchev–Trinajstić information content (AvgIpc) is 2.37. The smallest absolute Gasteiger partial charge is 0.246 e. The minimum absolute atomic E-state index is 0.0972. The first-order valence-corrected chi connectivity index (χ1v) is 4.83. The zero-order valence-electron chi connectivity index (χ0n) is 7.83. The summed E-state index contributed by atoms with van der Waals surface area (Å²) in [6, 6.07) is 0.827. The van der Waals surface area contributed by atoms with Gasteiger partial charge in [-0.15, -0.1) is 0 Å². The molecule has 0 aromatic carbocycles. The lowest BCUT2D eigenvalue weighted by molar-refractivity contribution is -0.129. The van der Waals surface area contributed by atoms with Gasteiger partial charge in [0.2, 0.25) is 5.91 Å². The maximum Gasteiger partial charge on any atom is 0.246 e. The summed E-state index contributed by atoms with van der Waals surface area (Å²) in [5.74, 6) is 0.0972. The third kappa shape index (κ3) is 1.30. The van der Waals surface area contributed by atoms with Gasteiger partial charge in [0, 0.05) is 12.1 Å². The fourth-order valence-electron chi connectivity index (χ4n) is 2.58. The second kappa shape index (κ2) is 3.02. The molecule has 2 nitrogen and oxygen atoms in total. The Morgan fingerprint density at radius 2 is 1.92 bits per heavy atom. The highest BCUT2D eigenvalue weighted by Crippen LogP contribution is 2.37. The van der Waals surface area contributed by atoms with Crippen molar-refractivity contribution < 1.29 is 4.79 Å². The Bertz CT molecular complexity index is 253. The lowest BCUT2D eigenvalue weighted by Crippen LogP contribution is -2.43. The Kier molecular flexibility index (Phi) is 1.98. The van der Waals surface area contributed by atoms with Crippen molar-refractivity contribution in [1.29, 1.82) is 0 Å². The third-order valence-electron chi connectivity index (χ3n) is 3.10. The number of carbonyl (C=O) groups is 1. The molecule has 70 valence electrons. The topological polar surface area (TPSA) is 20.3 Å². The van der Waals surface area contributed by atoms with E-state index < -0.39 is 0 Å². The molecule has 0 N–H and O–H groups in total. The van der Waals surface area contributed by atoms with Crippen LogP contribution in [0.5, 0.6) is 0 Å². The van der Waals surface area contributed by atoms with E-state index in [1.807, 2.05) is 4.90 Å². The summed E-state index contributed by atoms with van der Waals surface area (Å²) in [7, 11) is 0. The molecule has 2 fully saturated rings. The van der Waals surface area contributed by atoms with E-state index in [-0.39, 0.29) is 5.91 Å². The molecule has 0 spiro atoms. The highest BCUT2D eigenvalue weighted by Gasteiger charge is 2.39. The van der Waals surface area contributed by atoms with E-state index in [1.165, 1.54) is 11.6 Å². The molecule has 0 aromatic heterocycles. The Morgan fingerprint density at radius 1 is 1.38 bits per heavy atom. The summed E-state index contributed by atoms with van der Waals surface area (Å²) in [6.07, 6.45) is 5.71. The molecular formula is C11H15NO. The number of hydrogen-bond acceptors (Lipinski definition) is 1. The van der Waals surface area contributed by atoms with E-state index in [2.05, 4.69) is 13.2 Å². The predicted molar refractivity (Wildman–Crippen MR) is 52.2 cm³/mol. The number of rotatable bonds is 1. The van der Waals surface area contributed by atoms with Crippen LogP contribution in [0.2, 0.25) is 0 Å². The van der Waals surface area contributed by atoms with Crippen LogP contribution in [0, 0.1) is 0 Å². The minimum Gasteiger partial charge on any atom is -0.333 e. The summed E-state index contributed by atoms with van der Waals surface area (Å²) in [5, 5.41) is 0. The number of piperidine rings is 1. The van der Waals surface area contributed by atoms with Crippen molar-refractivity contribution >= 4 is 5.91 Å². The van der Waals surface area contributed by atoms with Gasteiger partial charge in [0.15, 0.2) is 0 Å². The van der Waals surface area contributed by atoms with Crippen LogP contribution in [0.15, 0.2) is 24.8 Å². The summed E-state index contributed by atoms with van der Waals surface area (Å²) >= 11 is 0. The van der Waals surface area contributed by atoms with Crippen LogP contribution in [0.4, 0.5) is 0 Å². The van der Waals surface area contributed by atoms with Crippen molar-refractivity contribution in [2.24, 2.45) is 0 Å². The van der Waals surface area contributed by atoms with Crippen molar-refractivity contribution in [3.63, 3.8) is 0 Å². The summed E-state index contributed by atoms with van der Waals surface area (Å²) in [5.41, 5.74) is 1.31. The number of carbonyl (C=O) groups excluding carboxylic acids is 1. The summed E-state index contributed by atoms with van der Waals surface area (Å²) in [4.78, 5) is 13.5. The van der Waals surface area contributed by atoms with Crippen LogP contribution >= 0.6 is 0 Å². The number of hydrogen-bond donors (Lipinski definition) is 0. The Balaban J connectivity index is 2.19. The highest BCUT2D eigenvalue weighted by molar-refractivity contribution is 5.88. The van der Waals surface area contributed by atoms with E-state index in [1.54, 1.807) is 0 Å². The van der Waals surface area contributed by atoms with E-state index in [9.17, 15) is 4.79 Å². The SMILES string of the molecule is C=CC(=O)N1C2CCC1CC(=C)C2. The molecule has 2 heteroatoms. The first-order valence-electron chi connectivity index (χ1n) is 4.83. The van der Waals surface area contributed by atoms with Gasteiger partial charge in [0.05, 0.1) is 0 Å². The highest BCUT2D eigenvalue weighted by atomic mass is 16.2. The molecule has 2 heterocycles. The summed E-state index contributed by atoms with van der Waals surface area (Å²) < 4.78 is 0. The van der Waals surface area contributed by atoms with Gasteiger partial charge >= 0.3 is 0 Å². The Hall–Kier alpha value is -1.05. The van der Waals surface area contributed by atoms with E-state index in [0.29, 0.717) is 12.1 Å². The maximum atomic E-state index is 11.5. The first kappa shape index (κ1) is 8.54. The van der Waals surface area contributed by atoms with Crippen LogP contribution in [-0.4, -0.2) is 22.9 Å². The van der Waals surface area contributed by atoms with E-state index in [4.69, 9.17) is 0 Å². The van der Waals surface area contributed by atoms with Gasteiger partial charge in [0.25, 0.3) is 0 Å². The molecule has 2 aliphatic rings. The second-order valence-corrected chi connectivity index (χ2v) is 3.99. The number of nitrogens with zero attached hydrogens (tertiary/aromatic N) is 1. The van der Waals surface area contributed by atoms with Crippen molar-refractivity contribution in [3.05, 3.63) is 24.8 Å². The predicted octanol–water partition coefficient (Wildman–Crippen LogP) is 1.88. The Labute approximate surface area is 78.9 Å². The number of amides is 1. The first-order chi connectivity index (χ1) is 6.22. The molecule has 2 atom stereocenters. The van der Waals surface area contributed by atoms with Crippen molar-refractivity contribution in [2.75, 3.05) is 0 Å². The normalized spacial score (nSPS) is 32.0. The van der Waals surface area contributed by atoms with Crippen LogP contribution in [0.3, 0.4) is 0 Å². The standard InChI is InChI=1S/C11H15NO/c1-3-11(13)12-9-4-5-10(12)7-8(2)6-9/h3,9-10H,1-2,4-7H2. The summed E-state index contributed by atoms with van der Waals surface area (Å²) in [6.45, 7) is 7.55.